The highest BCUT2D eigenvalue weighted by atomic mass is 16.5. The summed E-state index contributed by atoms with van der Waals surface area (Å²) in [6.45, 7) is 4.74. The Hall–Kier alpha value is -3.81. The van der Waals surface area contributed by atoms with Crippen LogP contribution >= 0.6 is 0 Å². The lowest BCUT2D eigenvalue weighted by molar-refractivity contribution is -0.137. The quantitative estimate of drug-likeness (QED) is 0.324. The summed E-state index contributed by atoms with van der Waals surface area (Å²) in [5.74, 6) is 0.637. The number of ether oxygens (including phenoxy) is 1. The van der Waals surface area contributed by atoms with Crippen LogP contribution in [0.25, 0.3) is 22.2 Å². The molecule has 8 heteroatoms. The minimum absolute atomic E-state index is 0.0929. The van der Waals surface area contributed by atoms with E-state index in [1.165, 1.54) is 0 Å². The van der Waals surface area contributed by atoms with E-state index in [4.69, 9.17) is 20.1 Å². The fraction of sp³-hybridized carbons (Fsp3) is 0.261. The molecule has 0 saturated heterocycles. The number of carboxylic acids is 1. The molecule has 0 fully saturated rings. The first-order valence-electron chi connectivity index (χ1n) is 10.0. The highest BCUT2D eigenvalue weighted by Crippen LogP contribution is 2.33. The van der Waals surface area contributed by atoms with Crippen molar-refractivity contribution in [2.24, 2.45) is 0 Å². The van der Waals surface area contributed by atoms with E-state index in [-0.39, 0.29) is 6.42 Å². The summed E-state index contributed by atoms with van der Waals surface area (Å²) in [4.78, 5) is 15.1. The third-order valence-corrected chi connectivity index (χ3v) is 5.13. The van der Waals surface area contributed by atoms with Crippen LogP contribution in [0.15, 0.2) is 47.2 Å². The Morgan fingerprint density at radius 1 is 1.26 bits per heavy atom. The van der Waals surface area contributed by atoms with Gasteiger partial charge < -0.3 is 24.7 Å². The van der Waals surface area contributed by atoms with Gasteiger partial charge in [-0.1, -0.05) is 17.3 Å². The average Bonchev–Trinajstić information content (AvgIpc) is 3.28. The number of fused-ring (bicyclic) bond motifs is 1. The molecule has 8 nitrogen and oxygen atoms in total. The Bertz CT molecular complexity index is 1220. The van der Waals surface area contributed by atoms with Gasteiger partial charge in [-0.25, -0.2) is 4.98 Å². The molecule has 0 saturated carbocycles. The van der Waals surface area contributed by atoms with E-state index in [1.807, 2.05) is 48.7 Å². The van der Waals surface area contributed by atoms with Gasteiger partial charge in [-0.15, -0.1) is 0 Å². The van der Waals surface area contributed by atoms with Crippen LogP contribution < -0.4 is 10.5 Å². The van der Waals surface area contributed by atoms with Gasteiger partial charge in [0.2, 0.25) is 0 Å². The minimum atomic E-state index is -0.820. The number of carbonyl (C=O) groups is 1. The molecular formula is C23H24N4O4. The van der Waals surface area contributed by atoms with E-state index >= 15 is 0 Å². The Morgan fingerprint density at radius 2 is 2.10 bits per heavy atom. The Morgan fingerprint density at radius 3 is 2.84 bits per heavy atom. The van der Waals surface area contributed by atoms with Gasteiger partial charge in [0.05, 0.1) is 29.8 Å². The van der Waals surface area contributed by atoms with Gasteiger partial charge in [-0.3, -0.25) is 4.79 Å². The molecule has 4 aromatic rings. The van der Waals surface area contributed by atoms with Crippen molar-refractivity contribution in [2.75, 3.05) is 12.3 Å². The van der Waals surface area contributed by atoms with E-state index in [9.17, 15) is 4.79 Å². The summed E-state index contributed by atoms with van der Waals surface area (Å²) in [6.07, 6.45) is 2.34. The number of aromatic nitrogens is 3. The second-order valence-electron chi connectivity index (χ2n) is 7.50. The zero-order chi connectivity index (χ0) is 22.0. The summed E-state index contributed by atoms with van der Waals surface area (Å²) in [6, 6.07) is 11.7. The van der Waals surface area contributed by atoms with Gasteiger partial charge in [0, 0.05) is 18.5 Å². The Balaban J connectivity index is 1.59. The van der Waals surface area contributed by atoms with Crippen molar-refractivity contribution in [1.29, 1.82) is 0 Å². The molecule has 0 amide bonds. The monoisotopic (exact) mass is 420 g/mol. The smallest absolute Gasteiger partial charge is 0.303 e. The molecule has 4 rings (SSSR count). The lowest BCUT2D eigenvalue weighted by Gasteiger charge is -2.10. The van der Waals surface area contributed by atoms with Crippen LogP contribution in [0.5, 0.6) is 5.75 Å². The third-order valence-electron chi connectivity index (χ3n) is 5.13. The summed E-state index contributed by atoms with van der Waals surface area (Å²) < 4.78 is 13.0. The minimum Gasteiger partial charge on any atom is -0.494 e. The standard InChI is InChI=1S/C23H24N4O4/c1-14-22(15(2)31-26-14)17-10-19(24)23-20(11-17)27(13-25-23)12-16-5-3-6-18(9-16)30-8-4-7-21(28)29/h3,5-6,9-11,13H,4,7-8,12,24H2,1-2H3,(H,28,29). The first-order valence-corrected chi connectivity index (χ1v) is 10.0. The van der Waals surface area contributed by atoms with Crippen molar-refractivity contribution in [3.05, 3.63) is 59.7 Å². The van der Waals surface area contributed by atoms with Crippen LogP contribution in [0.4, 0.5) is 5.69 Å². The Labute approximate surface area is 179 Å². The molecule has 0 spiro atoms. The number of hydrogen-bond acceptors (Lipinski definition) is 6. The topological polar surface area (TPSA) is 116 Å². The largest absolute Gasteiger partial charge is 0.494 e. The maximum absolute atomic E-state index is 10.6. The predicted molar refractivity (Wildman–Crippen MR) is 117 cm³/mol. The average molecular weight is 420 g/mol. The van der Waals surface area contributed by atoms with Crippen LogP contribution in [0.3, 0.4) is 0 Å². The molecule has 2 aromatic carbocycles. The van der Waals surface area contributed by atoms with Crippen molar-refractivity contribution < 1.29 is 19.2 Å². The molecule has 160 valence electrons. The van der Waals surface area contributed by atoms with E-state index in [0.717, 1.165) is 39.2 Å². The molecule has 0 atom stereocenters. The van der Waals surface area contributed by atoms with E-state index in [0.29, 0.717) is 31.0 Å². The number of carboxylic acid groups (broad SMARTS) is 1. The van der Waals surface area contributed by atoms with Gasteiger partial charge in [0.15, 0.2) is 0 Å². The molecule has 0 aliphatic carbocycles. The fourth-order valence-electron chi connectivity index (χ4n) is 3.70. The first-order chi connectivity index (χ1) is 14.9. The maximum Gasteiger partial charge on any atom is 0.303 e. The van der Waals surface area contributed by atoms with Crippen LogP contribution in [0.2, 0.25) is 0 Å². The maximum atomic E-state index is 10.6. The van der Waals surface area contributed by atoms with Crippen molar-refractivity contribution in [3.8, 4) is 16.9 Å². The van der Waals surface area contributed by atoms with E-state index < -0.39 is 5.97 Å². The normalized spacial score (nSPS) is 11.2. The fourth-order valence-corrected chi connectivity index (χ4v) is 3.70. The molecule has 2 aromatic heterocycles. The van der Waals surface area contributed by atoms with Crippen LogP contribution in [-0.4, -0.2) is 32.4 Å². The molecule has 0 bridgehead atoms. The van der Waals surface area contributed by atoms with Crippen LogP contribution in [0.1, 0.15) is 29.9 Å². The van der Waals surface area contributed by atoms with Crippen LogP contribution in [-0.2, 0) is 11.3 Å². The van der Waals surface area contributed by atoms with E-state index in [2.05, 4.69) is 16.2 Å². The predicted octanol–water partition coefficient (Wildman–Crippen LogP) is 4.18. The molecular weight excluding hydrogens is 396 g/mol. The number of aliphatic carboxylic acids is 1. The second kappa shape index (κ2) is 8.51. The zero-order valence-electron chi connectivity index (χ0n) is 17.5. The molecule has 0 unspecified atom stereocenters. The van der Waals surface area contributed by atoms with Gasteiger partial charge in [0.1, 0.15) is 17.0 Å². The number of nitrogens with two attached hydrogens (primary N) is 1. The summed E-state index contributed by atoms with van der Waals surface area (Å²) >= 11 is 0. The number of aryl methyl sites for hydroxylation is 2. The highest BCUT2D eigenvalue weighted by molar-refractivity contribution is 5.92. The van der Waals surface area contributed by atoms with E-state index in [1.54, 1.807) is 6.33 Å². The van der Waals surface area contributed by atoms with Crippen LogP contribution in [0, 0.1) is 13.8 Å². The zero-order valence-corrected chi connectivity index (χ0v) is 17.5. The SMILES string of the molecule is Cc1noc(C)c1-c1cc(N)c2ncn(Cc3cccc(OCCCC(=O)O)c3)c2c1. The molecule has 2 heterocycles. The number of hydrogen-bond donors (Lipinski definition) is 2. The van der Waals surface area contributed by atoms with Crippen molar-refractivity contribution in [3.63, 3.8) is 0 Å². The summed E-state index contributed by atoms with van der Waals surface area (Å²) in [5, 5.41) is 12.8. The summed E-state index contributed by atoms with van der Waals surface area (Å²) in [7, 11) is 0. The lowest BCUT2D eigenvalue weighted by Crippen LogP contribution is -2.03. The number of anilines is 1. The molecule has 0 aliphatic rings. The number of nitrogens with zero attached hydrogens (tertiary/aromatic N) is 3. The molecule has 31 heavy (non-hydrogen) atoms. The Kier molecular flexibility index (Phi) is 5.62. The number of imidazole rings is 1. The van der Waals surface area contributed by atoms with Gasteiger partial charge in [-0.2, -0.15) is 0 Å². The van der Waals surface area contributed by atoms with Crippen molar-refractivity contribution >= 4 is 22.7 Å². The molecule has 0 radical (unpaired) electrons. The number of benzene rings is 2. The van der Waals surface area contributed by atoms with Crippen molar-refractivity contribution in [2.45, 2.75) is 33.2 Å². The van der Waals surface area contributed by atoms with Gasteiger partial charge in [0.25, 0.3) is 0 Å². The number of rotatable bonds is 8. The van der Waals surface area contributed by atoms with Crippen molar-refractivity contribution in [1.82, 2.24) is 14.7 Å². The lowest BCUT2D eigenvalue weighted by atomic mass is 10.0. The van der Waals surface area contributed by atoms with Gasteiger partial charge in [-0.05, 0) is 55.7 Å². The second-order valence-corrected chi connectivity index (χ2v) is 7.50. The first kappa shape index (κ1) is 20.5. The number of nitrogen functional groups attached to an aromatic ring is 1. The summed E-state index contributed by atoms with van der Waals surface area (Å²) in [5.41, 5.74) is 12.3. The van der Waals surface area contributed by atoms with Gasteiger partial charge >= 0.3 is 5.97 Å². The third kappa shape index (κ3) is 4.37. The molecule has 3 N–H and O–H groups in total. The highest BCUT2D eigenvalue weighted by Gasteiger charge is 2.15. The molecule has 0 aliphatic heterocycles.